The lowest BCUT2D eigenvalue weighted by Crippen LogP contribution is -2.52. The summed E-state index contributed by atoms with van der Waals surface area (Å²) in [6, 6.07) is 1.31. The smallest absolute Gasteiger partial charge is 0.263 e. The number of nitriles is 1. The minimum atomic E-state index is -2.87. The molecule has 1 aliphatic rings. The third-order valence-electron chi connectivity index (χ3n) is 2.15. The molecule has 13 heavy (non-hydrogen) atoms. The Labute approximate surface area is 75.6 Å². The summed E-state index contributed by atoms with van der Waals surface area (Å²) in [7, 11) is 0. The maximum atomic E-state index is 12.9. The topological polar surface area (TPSA) is 47.3 Å². The van der Waals surface area contributed by atoms with Crippen molar-refractivity contribution in [1.82, 2.24) is 4.90 Å². The second-order valence-corrected chi connectivity index (χ2v) is 3.45. The summed E-state index contributed by atoms with van der Waals surface area (Å²) in [6.07, 6.45) is -1.53. The first-order valence-electron chi connectivity index (χ1n) is 4.14. The molecule has 1 N–H and O–H groups in total. The summed E-state index contributed by atoms with van der Waals surface area (Å²) in [5.74, 6) is -2.87. The lowest BCUT2D eigenvalue weighted by molar-refractivity contribution is -0.111. The standard InChI is InChI=1S/C8H12F2N2O/c1-6(3-11)12-4-7(13)2-8(9,10)5-12/h6-7,13H,2,4-5H2,1H3. The van der Waals surface area contributed by atoms with Gasteiger partial charge in [-0.15, -0.1) is 0 Å². The average molecular weight is 190 g/mol. The molecule has 5 heteroatoms. The van der Waals surface area contributed by atoms with E-state index in [0.29, 0.717) is 0 Å². The van der Waals surface area contributed by atoms with E-state index in [1.165, 1.54) is 4.90 Å². The molecule has 0 aromatic heterocycles. The molecule has 2 unspecified atom stereocenters. The van der Waals surface area contributed by atoms with Gasteiger partial charge in [-0.25, -0.2) is 8.78 Å². The molecule has 0 radical (unpaired) electrons. The van der Waals surface area contributed by atoms with Crippen LogP contribution in [0.15, 0.2) is 0 Å². The largest absolute Gasteiger partial charge is 0.392 e. The van der Waals surface area contributed by atoms with Crippen molar-refractivity contribution in [3.8, 4) is 6.07 Å². The molecule has 1 fully saturated rings. The summed E-state index contributed by atoms with van der Waals surface area (Å²) >= 11 is 0. The van der Waals surface area contributed by atoms with E-state index >= 15 is 0 Å². The van der Waals surface area contributed by atoms with Crippen LogP contribution in [0.4, 0.5) is 8.78 Å². The van der Waals surface area contributed by atoms with Gasteiger partial charge in [0.2, 0.25) is 0 Å². The summed E-state index contributed by atoms with van der Waals surface area (Å²) in [6.45, 7) is 1.28. The van der Waals surface area contributed by atoms with Crippen LogP contribution >= 0.6 is 0 Å². The van der Waals surface area contributed by atoms with E-state index in [9.17, 15) is 8.78 Å². The molecule has 0 amide bonds. The van der Waals surface area contributed by atoms with E-state index in [0.717, 1.165) is 0 Å². The minimum absolute atomic E-state index is 0.157. The second kappa shape index (κ2) is 3.56. The Morgan fingerprint density at radius 1 is 1.69 bits per heavy atom. The first-order valence-corrected chi connectivity index (χ1v) is 4.14. The molecule has 0 spiro atoms. The van der Waals surface area contributed by atoms with Crippen molar-refractivity contribution < 1.29 is 13.9 Å². The number of alkyl halides is 2. The van der Waals surface area contributed by atoms with Crippen molar-refractivity contribution >= 4 is 0 Å². The van der Waals surface area contributed by atoms with Gasteiger partial charge in [0.1, 0.15) is 0 Å². The molecule has 0 aliphatic carbocycles. The van der Waals surface area contributed by atoms with Crippen molar-refractivity contribution in [2.24, 2.45) is 0 Å². The van der Waals surface area contributed by atoms with Gasteiger partial charge in [-0.05, 0) is 6.92 Å². The number of β-amino-alcohol motifs (C(OH)–C–C–N with tert-alkyl or cyclic N) is 1. The van der Waals surface area contributed by atoms with Crippen molar-refractivity contribution in [3.05, 3.63) is 0 Å². The Bertz CT molecular complexity index is 227. The van der Waals surface area contributed by atoms with Crippen molar-refractivity contribution in [3.63, 3.8) is 0 Å². The van der Waals surface area contributed by atoms with Crippen LogP contribution in [0.3, 0.4) is 0 Å². The fourth-order valence-electron chi connectivity index (χ4n) is 1.48. The van der Waals surface area contributed by atoms with E-state index in [2.05, 4.69) is 0 Å². The van der Waals surface area contributed by atoms with Gasteiger partial charge in [-0.2, -0.15) is 5.26 Å². The maximum absolute atomic E-state index is 12.9. The van der Waals surface area contributed by atoms with Gasteiger partial charge in [-0.3, -0.25) is 4.90 Å². The van der Waals surface area contributed by atoms with Crippen LogP contribution in [0, 0.1) is 11.3 Å². The Balaban J connectivity index is 2.64. The first-order chi connectivity index (χ1) is 5.94. The van der Waals surface area contributed by atoms with Crippen LogP contribution < -0.4 is 0 Å². The third-order valence-corrected chi connectivity index (χ3v) is 2.15. The molecule has 1 aliphatic heterocycles. The molecular weight excluding hydrogens is 178 g/mol. The Kier molecular flexibility index (Phi) is 2.84. The van der Waals surface area contributed by atoms with Gasteiger partial charge in [0.25, 0.3) is 5.92 Å². The molecule has 0 saturated carbocycles. The van der Waals surface area contributed by atoms with Crippen LogP contribution in [0.25, 0.3) is 0 Å². The number of hydrogen-bond donors (Lipinski definition) is 1. The Morgan fingerprint density at radius 3 is 2.77 bits per heavy atom. The van der Waals surface area contributed by atoms with E-state index in [-0.39, 0.29) is 6.54 Å². The predicted octanol–water partition coefficient (Wildman–Crippen LogP) is 0.600. The van der Waals surface area contributed by atoms with Gasteiger partial charge in [0.05, 0.1) is 24.8 Å². The van der Waals surface area contributed by atoms with Crippen molar-refractivity contribution in [1.29, 1.82) is 5.26 Å². The van der Waals surface area contributed by atoms with Crippen molar-refractivity contribution in [2.75, 3.05) is 13.1 Å². The molecule has 1 heterocycles. The molecule has 0 aromatic rings. The Hall–Kier alpha value is -0.730. The van der Waals surface area contributed by atoms with Crippen LogP contribution in [0.5, 0.6) is 0 Å². The first kappa shape index (κ1) is 10.4. The minimum Gasteiger partial charge on any atom is -0.392 e. The highest BCUT2D eigenvalue weighted by Crippen LogP contribution is 2.27. The number of rotatable bonds is 1. The van der Waals surface area contributed by atoms with Crippen LogP contribution in [-0.4, -0.2) is 41.2 Å². The van der Waals surface area contributed by atoms with Crippen LogP contribution in [0.1, 0.15) is 13.3 Å². The molecule has 3 nitrogen and oxygen atoms in total. The number of nitrogens with zero attached hydrogens (tertiary/aromatic N) is 2. The number of aliphatic hydroxyl groups is 1. The van der Waals surface area contributed by atoms with Gasteiger partial charge in [0.15, 0.2) is 0 Å². The average Bonchev–Trinajstić information content (AvgIpc) is 1.99. The number of aliphatic hydroxyl groups excluding tert-OH is 1. The highest BCUT2D eigenvalue weighted by molar-refractivity contribution is 4.94. The molecular formula is C8H12F2N2O. The summed E-state index contributed by atoms with van der Waals surface area (Å²) in [4.78, 5) is 1.30. The number of halogens is 2. The molecule has 0 aromatic carbocycles. The summed E-state index contributed by atoms with van der Waals surface area (Å²) < 4.78 is 25.8. The maximum Gasteiger partial charge on any atom is 0.263 e. The summed E-state index contributed by atoms with van der Waals surface area (Å²) in [5, 5.41) is 17.7. The van der Waals surface area contributed by atoms with Crippen molar-refractivity contribution in [2.45, 2.75) is 31.4 Å². The molecule has 74 valence electrons. The zero-order chi connectivity index (χ0) is 10.1. The molecule has 0 bridgehead atoms. The van der Waals surface area contributed by atoms with Gasteiger partial charge < -0.3 is 5.11 Å². The highest BCUT2D eigenvalue weighted by Gasteiger charge is 2.40. The van der Waals surface area contributed by atoms with Crippen LogP contribution in [0.2, 0.25) is 0 Å². The van der Waals surface area contributed by atoms with E-state index in [1.54, 1.807) is 6.92 Å². The fourth-order valence-corrected chi connectivity index (χ4v) is 1.48. The van der Waals surface area contributed by atoms with E-state index in [4.69, 9.17) is 10.4 Å². The highest BCUT2D eigenvalue weighted by atomic mass is 19.3. The zero-order valence-electron chi connectivity index (χ0n) is 7.37. The van der Waals surface area contributed by atoms with Gasteiger partial charge in [0, 0.05) is 13.0 Å². The Morgan fingerprint density at radius 2 is 2.31 bits per heavy atom. The normalized spacial score (nSPS) is 30.8. The fraction of sp³-hybridized carbons (Fsp3) is 0.875. The zero-order valence-corrected chi connectivity index (χ0v) is 7.37. The predicted molar refractivity (Wildman–Crippen MR) is 42.2 cm³/mol. The molecule has 2 atom stereocenters. The van der Waals surface area contributed by atoms with E-state index in [1.807, 2.05) is 6.07 Å². The van der Waals surface area contributed by atoms with Gasteiger partial charge in [-0.1, -0.05) is 0 Å². The lowest BCUT2D eigenvalue weighted by atomic mass is 10.0. The van der Waals surface area contributed by atoms with E-state index < -0.39 is 31.0 Å². The molecule has 1 rings (SSSR count). The van der Waals surface area contributed by atoms with Gasteiger partial charge >= 0.3 is 0 Å². The monoisotopic (exact) mass is 190 g/mol. The molecule has 1 saturated heterocycles. The number of hydrogen-bond acceptors (Lipinski definition) is 3. The third kappa shape index (κ3) is 2.61. The lowest BCUT2D eigenvalue weighted by Gasteiger charge is -2.36. The quantitative estimate of drug-likeness (QED) is 0.658. The second-order valence-electron chi connectivity index (χ2n) is 3.45. The SMILES string of the molecule is CC(C#N)N1CC(O)CC(F)(F)C1. The number of piperidine rings is 1. The number of likely N-dealkylation sites (tertiary alicyclic amines) is 1. The van der Waals surface area contributed by atoms with Crippen LogP contribution in [-0.2, 0) is 0 Å². The summed E-state index contributed by atoms with van der Waals surface area (Å²) in [5.41, 5.74) is 0.